The first kappa shape index (κ1) is 22.9. The molecule has 2 aromatic rings. The normalized spacial score (nSPS) is 13.5. The smallest absolute Gasteiger partial charge is 0.252 e. The van der Waals surface area contributed by atoms with Gasteiger partial charge in [0.2, 0.25) is 11.6 Å². The lowest BCUT2D eigenvalue weighted by Crippen LogP contribution is -2.42. The van der Waals surface area contributed by atoms with Crippen molar-refractivity contribution in [2.75, 3.05) is 33.9 Å². The number of amides is 1. The zero-order chi connectivity index (χ0) is 22.7. The van der Waals surface area contributed by atoms with Gasteiger partial charge in [-0.05, 0) is 25.0 Å². The number of carbonyl (C=O) groups is 3. The highest BCUT2D eigenvalue weighted by atomic mass is 32.1. The van der Waals surface area contributed by atoms with Crippen LogP contribution in [0.2, 0.25) is 0 Å². The van der Waals surface area contributed by atoms with Gasteiger partial charge in [-0.25, -0.2) is 0 Å². The van der Waals surface area contributed by atoms with E-state index in [1.807, 2.05) is 44.2 Å². The molecule has 0 saturated carbocycles. The number of Topliss-reactive ketones (excluding diaryl/α,β-unsaturated/α-hetero) is 2. The summed E-state index contributed by atoms with van der Waals surface area (Å²) in [5.41, 5.74) is 2.21. The maximum atomic E-state index is 13.7. The van der Waals surface area contributed by atoms with Gasteiger partial charge in [-0.3, -0.25) is 14.4 Å². The second-order valence-electron chi connectivity index (χ2n) is 7.36. The van der Waals surface area contributed by atoms with Crippen LogP contribution in [0.4, 0.5) is 0 Å². The van der Waals surface area contributed by atoms with Gasteiger partial charge in [-0.2, -0.15) is 0 Å². The van der Waals surface area contributed by atoms with Gasteiger partial charge in [0.1, 0.15) is 18.0 Å². The molecule has 8 heteroatoms. The fraction of sp³-hybridized carbons (Fsp3) is 0.348. The fourth-order valence-electron chi connectivity index (χ4n) is 3.65. The second-order valence-corrected chi connectivity index (χ2v) is 8.58. The van der Waals surface area contributed by atoms with Crippen LogP contribution in [-0.4, -0.2) is 66.3 Å². The Morgan fingerprint density at radius 2 is 1.77 bits per heavy atom. The SMILES string of the molecule is COCC(=O)N(C)C1=C(N(CCO)Cc2ccccc2)C(=O)c2c(sc(C)c2C)C1=O. The van der Waals surface area contributed by atoms with Crippen LogP contribution >= 0.6 is 11.3 Å². The highest BCUT2D eigenvalue weighted by Crippen LogP contribution is 2.38. The molecule has 0 spiro atoms. The number of carbonyl (C=O) groups excluding carboxylic acids is 3. The van der Waals surface area contributed by atoms with Crippen LogP contribution in [0.1, 0.15) is 36.0 Å². The van der Waals surface area contributed by atoms with E-state index in [0.717, 1.165) is 16.0 Å². The first-order valence-corrected chi connectivity index (χ1v) is 10.7. The van der Waals surface area contributed by atoms with Crippen molar-refractivity contribution in [3.63, 3.8) is 0 Å². The Morgan fingerprint density at radius 3 is 2.39 bits per heavy atom. The molecule has 1 aliphatic carbocycles. The molecule has 3 rings (SSSR count). The molecular formula is C23H26N2O5S. The number of allylic oxidation sites excluding steroid dienone is 2. The molecule has 164 valence electrons. The molecule has 1 amide bonds. The summed E-state index contributed by atoms with van der Waals surface area (Å²) in [4.78, 5) is 43.9. The third-order valence-electron chi connectivity index (χ3n) is 5.35. The van der Waals surface area contributed by atoms with Crippen LogP contribution in [0.15, 0.2) is 41.7 Å². The van der Waals surface area contributed by atoms with Crippen molar-refractivity contribution < 1.29 is 24.2 Å². The van der Waals surface area contributed by atoms with Crippen molar-refractivity contribution in [2.24, 2.45) is 0 Å². The molecule has 1 aromatic carbocycles. The van der Waals surface area contributed by atoms with E-state index < -0.39 is 5.91 Å². The van der Waals surface area contributed by atoms with E-state index in [4.69, 9.17) is 4.74 Å². The molecular weight excluding hydrogens is 416 g/mol. The largest absolute Gasteiger partial charge is 0.395 e. The molecule has 0 bridgehead atoms. The van der Waals surface area contributed by atoms with Gasteiger partial charge >= 0.3 is 0 Å². The van der Waals surface area contributed by atoms with E-state index in [1.165, 1.54) is 30.4 Å². The molecule has 0 atom stereocenters. The maximum Gasteiger partial charge on any atom is 0.252 e. The lowest BCUT2D eigenvalue weighted by atomic mass is 9.92. The topological polar surface area (TPSA) is 87.2 Å². The third kappa shape index (κ3) is 4.32. The lowest BCUT2D eigenvalue weighted by molar-refractivity contribution is -0.131. The molecule has 1 aliphatic rings. The van der Waals surface area contributed by atoms with Crippen molar-refractivity contribution in [2.45, 2.75) is 20.4 Å². The van der Waals surface area contributed by atoms with E-state index in [2.05, 4.69) is 0 Å². The van der Waals surface area contributed by atoms with E-state index in [1.54, 1.807) is 4.90 Å². The zero-order valence-electron chi connectivity index (χ0n) is 18.1. The van der Waals surface area contributed by atoms with Gasteiger partial charge in [-0.1, -0.05) is 30.3 Å². The minimum atomic E-state index is -0.437. The minimum Gasteiger partial charge on any atom is -0.395 e. The molecule has 31 heavy (non-hydrogen) atoms. The minimum absolute atomic E-state index is 0.0187. The number of likely N-dealkylation sites (N-methyl/N-ethyl adjacent to an activating group) is 1. The number of aliphatic hydroxyl groups is 1. The summed E-state index contributed by atoms with van der Waals surface area (Å²) in [6.07, 6.45) is 0. The number of hydrogen-bond donors (Lipinski definition) is 1. The van der Waals surface area contributed by atoms with Crippen molar-refractivity contribution in [3.8, 4) is 0 Å². The van der Waals surface area contributed by atoms with E-state index in [0.29, 0.717) is 17.0 Å². The monoisotopic (exact) mass is 442 g/mol. The molecule has 0 radical (unpaired) electrons. The average molecular weight is 443 g/mol. The third-order valence-corrected chi connectivity index (χ3v) is 6.56. The summed E-state index contributed by atoms with van der Waals surface area (Å²) in [5, 5.41) is 9.71. The lowest BCUT2D eigenvalue weighted by Gasteiger charge is -2.33. The van der Waals surface area contributed by atoms with Gasteiger partial charge in [0.15, 0.2) is 0 Å². The molecule has 0 saturated heterocycles. The summed E-state index contributed by atoms with van der Waals surface area (Å²) < 4.78 is 4.95. The number of aryl methyl sites for hydroxylation is 1. The molecule has 1 heterocycles. The highest BCUT2D eigenvalue weighted by molar-refractivity contribution is 7.15. The number of aliphatic hydroxyl groups excluding tert-OH is 1. The molecule has 1 aromatic heterocycles. The van der Waals surface area contributed by atoms with Crippen molar-refractivity contribution >= 4 is 28.8 Å². The van der Waals surface area contributed by atoms with Crippen LogP contribution in [-0.2, 0) is 16.1 Å². The van der Waals surface area contributed by atoms with Gasteiger partial charge < -0.3 is 19.6 Å². The Kier molecular flexibility index (Phi) is 7.04. The highest BCUT2D eigenvalue weighted by Gasteiger charge is 2.41. The Hall–Kier alpha value is -2.81. The number of ketones is 2. The van der Waals surface area contributed by atoms with Crippen LogP contribution in [0.25, 0.3) is 0 Å². The second kappa shape index (κ2) is 9.55. The number of thiophene rings is 1. The summed E-state index contributed by atoms with van der Waals surface area (Å²) >= 11 is 1.26. The molecule has 0 fully saturated rings. The Balaban J connectivity index is 2.19. The quantitative estimate of drug-likeness (QED) is 0.676. The van der Waals surface area contributed by atoms with E-state index in [9.17, 15) is 19.5 Å². The number of benzene rings is 1. The Labute approximate surface area is 185 Å². The Morgan fingerprint density at radius 1 is 1.10 bits per heavy atom. The van der Waals surface area contributed by atoms with Crippen molar-refractivity contribution in [1.29, 1.82) is 0 Å². The number of methoxy groups -OCH3 is 1. The zero-order valence-corrected chi connectivity index (χ0v) is 18.9. The van der Waals surface area contributed by atoms with Crippen LogP contribution in [0.3, 0.4) is 0 Å². The number of nitrogens with zero attached hydrogens (tertiary/aromatic N) is 2. The van der Waals surface area contributed by atoms with Crippen molar-refractivity contribution in [3.05, 3.63) is 68.2 Å². The maximum absolute atomic E-state index is 13.7. The number of hydrogen-bond acceptors (Lipinski definition) is 7. The van der Waals surface area contributed by atoms with E-state index >= 15 is 0 Å². The van der Waals surface area contributed by atoms with Gasteiger partial charge in [0, 0.05) is 37.7 Å². The molecule has 0 unspecified atom stereocenters. The predicted molar refractivity (Wildman–Crippen MR) is 118 cm³/mol. The predicted octanol–water partition coefficient (Wildman–Crippen LogP) is 2.55. The number of ether oxygens (including phenoxy) is 1. The summed E-state index contributed by atoms with van der Waals surface area (Å²) in [6, 6.07) is 9.47. The average Bonchev–Trinajstić information content (AvgIpc) is 3.05. The summed E-state index contributed by atoms with van der Waals surface area (Å²) in [6.45, 7) is 3.71. The molecule has 7 nitrogen and oxygen atoms in total. The molecule has 1 N–H and O–H groups in total. The van der Waals surface area contributed by atoms with Gasteiger partial charge in [0.05, 0.1) is 11.5 Å². The fourth-order valence-corrected chi connectivity index (χ4v) is 4.74. The standard InChI is InChI=1S/C23H26N2O5S/c1-14-15(2)31-23-18(14)21(28)20(19(22(23)29)24(3)17(27)13-30-4)25(10-11-26)12-16-8-6-5-7-9-16/h5-9,26H,10-13H2,1-4H3. The molecule has 0 aliphatic heterocycles. The van der Waals surface area contributed by atoms with Gasteiger partial charge in [0.25, 0.3) is 5.91 Å². The number of rotatable bonds is 8. The van der Waals surface area contributed by atoms with Crippen molar-refractivity contribution in [1.82, 2.24) is 9.80 Å². The first-order chi connectivity index (χ1) is 14.8. The van der Waals surface area contributed by atoms with Crippen LogP contribution in [0.5, 0.6) is 0 Å². The summed E-state index contributed by atoms with van der Waals surface area (Å²) in [5.74, 6) is -1.12. The van der Waals surface area contributed by atoms with Crippen LogP contribution in [0, 0.1) is 13.8 Å². The first-order valence-electron chi connectivity index (χ1n) is 9.90. The van der Waals surface area contributed by atoms with Crippen LogP contribution < -0.4 is 0 Å². The summed E-state index contributed by atoms with van der Waals surface area (Å²) in [7, 11) is 2.87. The number of fused-ring (bicyclic) bond motifs is 1. The van der Waals surface area contributed by atoms with Gasteiger partial charge in [-0.15, -0.1) is 11.3 Å². The van der Waals surface area contributed by atoms with E-state index in [-0.39, 0.29) is 42.7 Å². The Bertz CT molecular complexity index is 1040.